The van der Waals surface area contributed by atoms with E-state index in [0.29, 0.717) is 19.1 Å². The Balaban J connectivity index is 1.76. The normalized spacial score (nSPS) is 36.0. The second-order valence-corrected chi connectivity index (χ2v) is 7.41. The number of hydrogen-bond donors (Lipinski definition) is 0. The van der Waals surface area contributed by atoms with Crippen LogP contribution < -0.4 is 0 Å². The third kappa shape index (κ3) is 4.70. The summed E-state index contributed by atoms with van der Waals surface area (Å²) in [4.78, 5) is 0. The zero-order chi connectivity index (χ0) is 15.8. The average Bonchev–Trinajstić information content (AvgIpc) is 2.57. The molecule has 1 aliphatic heterocycles. The summed E-state index contributed by atoms with van der Waals surface area (Å²) in [5.74, 6) is 1.46. The van der Waals surface area contributed by atoms with Crippen molar-refractivity contribution in [1.82, 2.24) is 0 Å². The van der Waals surface area contributed by atoms with E-state index >= 15 is 0 Å². The number of unbranched alkanes of at least 4 members (excludes halogenated alkanes) is 2. The maximum absolute atomic E-state index is 9.52. The van der Waals surface area contributed by atoms with Crippen molar-refractivity contribution in [3.63, 3.8) is 0 Å². The predicted octanol–water partition coefficient (Wildman–Crippen LogP) is 5.06. The Morgan fingerprint density at radius 1 is 1.00 bits per heavy atom. The summed E-state index contributed by atoms with van der Waals surface area (Å²) in [6, 6.07) is 2.47. The molecule has 1 heterocycles. The first kappa shape index (κ1) is 17.8. The lowest BCUT2D eigenvalue weighted by atomic mass is 9.79. The predicted molar refractivity (Wildman–Crippen MR) is 88.2 cm³/mol. The van der Waals surface area contributed by atoms with E-state index in [1.54, 1.807) is 0 Å². The highest BCUT2D eigenvalue weighted by Crippen LogP contribution is 2.38. The third-order valence-electron chi connectivity index (χ3n) is 5.52. The zero-order valence-corrected chi connectivity index (χ0v) is 14.5. The Labute approximate surface area is 136 Å². The lowest BCUT2D eigenvalue weighted by Crippen LogP contribution is -2.44. The molecular formula is C19H33NO2. The molecule has 0 aromatic carbocycles. The fraction of sp³-hybridized carbons (Fsp3) is 0.947. The molecule has 0 aromatic rings. The maximum atomic E-state index is 9.52. The highest BCUT2D eigenvalue weighted by Gasteiger charge is 2.40. The van der Waals surface area contributed by atoms with Gasteiger partial charge in [-0.2, -0.15) is 5.26 Å². The van der Waals surface area contributed by atoms with Gasteiger partial charge in [-0.3, -0.25) is 0 Å². The highest BCUT2D eigenvalue weighted by molar-refractivity contribution is 5.00. The zero-order valence-electron chi connectivity index (χ0n) is 14.5. The molecule has 0 bridgehead atoms. The van der Waals surface area contributed by atoms with Crippen LogP contribution in [-0.2, 0) is 9.47 Å². The van der Waals surface area contributed by atoms with E-state index < -0.39 is 5.41 Å². The van der Waals surface area contributed by atoms with Crippen LogP contribution in [0.2, 0.25) is 0 Å². The van der Waals surface area contributed by atoms with Crippen molar-refractivity contribution < 1.29 is 9.47 Å². The van der Waals surface area contributed by atoms with Gasteiger partial charge in [0.2, 0.25) is 0 Å². The van der Waals surface area contributed by atoms with Gasteiger partial charge < -0.3 is 9.47 Å². The molecule has 0 amide bonds. The second-order valence-electron chi connectivity index (χ2n) is 7.41. The van der Waals surface area contributed by atoms with E-state index in [-0.39, 0.29) is 6.29 Å². The van der Waals surface area contributed by atoms with Crippen molar-refractivity contribution in [2.45, 2.75) is 84.3 Å². The molecule has 1 saturated carbocycles. The largest absolute Gasteiger partial charge is 0.351 e. The summed E-state index contributed by atoms with van der Waals surface area (Å²) in [7, 11) is 0. The minimum atomic E-state index is -0.398. The molecule has 126 valence electrons. The molecule has 22 heavy (non-hydrogen) atoms. The minimum Gasteiger partial charge on any atom is -0.351 e. The van der Waals surface area contributed by atoms with Gasteiger partial charge in [-0.25, -0.2) is 0 Å². The summed E-state index contributed by atoms with van der Waals surface area (Å²) in [5, 5.41) is 9.52. The monoisotopic (exact) mass is 307 g/mol. The summed E-state index contributed by atoms with van der Waals surface area (Å²) in [6.07, 6.45) is 12.1. The molecule has 0 unspecified atom stereocenters. The first-order valence-electron chi connectivity index (χ1n) is 9.37. The van der Waals surface area contributed by atoms with Crippen molar-refractivity contribution in [2.24, 2.45) is 17.3 Å². The van der Waals surface area contributed by atoms with Gasteiger partial charge >= 0.3 is 0 Å². The van der Waals surface area contributed by atoms with Crippen LogP contribution in [0, 0.1) is 28.6 Å². The highest BCUT2D eigenvalue weighted by atomic mass is 16.7. The molecule has 3 nitrogen and oxygen atoms in total. The van der Waals surface area contributed by atoms with Gasteiger partial charge in [-0.15, -0.1) is 0 Å². The van der Waals surface area contributed by atoms with Gasteiger partial charge in [0.25, 0.3) is 0 Å². The summed E-state index contributed by atoms with van der Waals surface area (Å²) < 4.78 is 12.0. The van der Waals surface area contributed by atoms with Crippen molar-refractivity contribution in [1.29, 1.82) is 5.26 Å². The molecule has 3 heteroatoms. The van der Waals surface area contributed by atoms with Gasteiger partial charge in [0.05, 0.1) is 19.3 Å². The Morgan fingerprint density at radius 2 is 1.68 bits per heavy atom. The van der Waals surface area contributed by atoms with E-state index in [2.05, 4.69) is 19.9 Å². The molecule has 1 aliphatic carbocycles. The Kier molecular flexibility index (Phi) is 7.18. The molecule has 0 atom stereocenters. The Hall–Kier alpha value is -0.590. The fourth-order valence-corrected chi connectivity index (χ4v) is 3.98. The van der Waals surface area contributed by atoms with Crippen LogP contribution in [0.1, 0.15) is 78.1 Å². The van der Waals surface area contributed by atoms with Crippen LogP contribution >= 0.6 is 0 Å². The van der Waals surface area contributed by atoms with Crippen molar-refractivity contribution in [2.75, 3.05) is 13.2 Å². The molecule has 0 radical (unpaired) electrons. The van der Waals surface area contributed by atoms with Crippen LogP contribution in [0.25, 0.3) is 0 Å². The van der Waals surface area contributed by atoms with Gasteiger partial charge in [0, 0.05) is 5.92 Å². The third-order valence-corrected chi connectivity index (χ3v) is 5.52. The quantitative estimate of drug-likeness (QED) is 0.618. The summed E-state index contributed by atoms with van der Waals surface area (Å²) in [6.45, 7) is 5.59. The number of hydrogen-bond acceptors (Lipinski definition) is 3. The van der Waals surface area contributed by atoms with Gasteiger partial charge in [0.15, 0.2) is 6.29 Å². The summed E-state index contributed by atoms with van der Waals surface area (Å²) >= 11 is 0. The number of nitriles is 1. The topological polar surface area (TPSA) is 42.2 Å². The molecule has 0 N–H and O–H groups in total. The number of rotatable bonds is 7. The fourth-order valence-electron chi connectivity index (χ4n) is 3.98. The molecule has 0 aromatic heterocycles. The molecule has 2 fully saturated rings. The second kappa shape index (κ2) is 8.89. The van der Waals surface area contributed by atoms with Crippen molar-refractivity contribution in [3.8, 4) is 6.07 Å². The van der Waals surface area contributed by atoms with Crippen molar-refractivity contribution >= 4 is 0 Å². The number of nitrogens with zero attached hydrogens (tertiary/aromatic N) is 1. The van der Waals surface area contributed by atoms with Crippen LogP contribution in [0.15, 0.2) is 0 Å². The standard InChI is InChI=1S/C19H33NO2/c1-3-5-6-12-19(13-20)14-21-18(22-15-19)17-10-8-16(7-4-2)9-11-17/h16-18H,3-12,14-15H2,1-2H3. The number of ether oxygens (including phenoxy) is 2. The van der Waals surface area contributed by atoms with E-state index in [0.717, 1.165) is 18.8 Å². The van der Waals surface area contributed by atoms with E-state index in [9.17, 15) is 5.26 Å². The average molecular weight is 307 g/mol. The van der Waals surface area contributed by atoms with E-state index in [1.165, 1.54) is 51.4 Å². The lowest BCUT2D eigenvalue weighted by Gasteiger charge is -2.40. The molecule has 1 saturated heterocycles. The van der Waals surface area contributed by atoms with Gasteiger partial charge in [0.1, 0.15) is 5.41 Å². The van der Waals surface area contributed by atoms with Gasteiger partial charge in [-0.1, -0.05) is 46.0 Å². The van der Waals surface area contributed by atoms with Crippen LogP contribution in [0.5, 0.6) is 0 Å². The Morgan fingerprint density at radius 3 is 2.23 bits per heavy atom. The van der Waals surface area contributed by atoms with Crippen LogP contribution in [0.3, 0.4) is 0 Å². The Bertz CT molecular complexity index is 347. The van der Waals surface area contributed by atoms with Gasteiger partial charge in [-0.05, 0) is 38.0 Å². The minimum absolute atomic E-state index is 0.0600. The molecule has 0 spiro atoms. The first-order valence-corrected chi connectivity index (χ1v) is 9.37. The maximum Gasteiger partial charge on any atom is 0.160 e. The SMILES string of the molecule is CCCCCC1(C#N)COC(C2CCC(CCC)CC2)OC1. The molecular weight excluding hydrogens is 274 g/mol. The molecule has 2 rings (SSSR count). The van der Waals surface area contributed by atoms with E-state index in [4.69, 9.17) is 9.47 Å². The molecule has 2 aliphatic rings. The van der Waals surface area contributed by atoms with Crippen LogP contribution in [0.4, 0.5) is 0 Å². The van der Waals surface area contributed by atoms with Crippen LogP contribution in [-0.4, -0.2) is 19.5 Å². The smallest absolute Gasteiger partial charge is 0.160 e. The lowest BCUT2D eigenvalue weighted by molar-refractivity contribution is -0.244. The first-order chi connectivity index (χ1) is 10.7. The summed E-state index contributed by atoms with van der Waals surface area (Å²) in [5.41, 5.74) is -0.398. The van der Waals surface area contributed by atoms with Crippen molar-refractivity contribution in [3.05, 3.63) is 0 Å². The van der Waals surface area contributed by atoms with E-state index in [1.807, 2.05) is 0 Å².